The first-order valence-corrected chi connectivity index (χ1v) is 38.5. The molecule has 3 saturated carbocycles. The monoisotopic (exact) mass is 1750 g/mol. The van der Waals surface area contributed by atoms with Crippen LogP contribution in [0.1, 0.15) is 93.2 Å². The first-order valence-electron chi connectivity index (χ1n) is 38.5. The first kappa shape index (κ1) is 99.6. The van der Waals surface area contributed by atoms with Gasteiger partial charge in [-0.25, -0.2) is 0 Å². The summed E-state index contributed by atoms with van der Waals surface area (Å²) in [6.07, 6.45) is 8.96. The van der Waals surface area contributed by atoms with E-state index in [0.717, 1.165) is 57.7 Å². The van der Waals surface area contributed by atoms with Crippen LogP contribution in [0.3, 0.4) is 0 Å². The number of esters is 6. The van der Waals surface area contributed by atoms with Crippen molar-refractivity contribution in [2.45, 2.75) is 101 Å². The molecule has 0 radical (unpaired) electrons. The summed E-state index contributed by atoms with van der Waals surface area (Å²) in [6, 6.07) is -1.96. The summed E-state index contributed by atoms with van der Waals surface area (Å²) in [5.74, 6) is 75.7. The molecule has 30 nitrogen and oxygen atoms in total. The minimum Gasteiger partial charge on any atom is -0.505 e. The van der Waals surface area contributed by atoms with Gasteiger partial charge in [-0.3, -0.25) is 57.5 Å². The molecule has 3 aliphatic carbocycles. The number of phenolic OH excluding ortho intramolecular Hbond substituents is 3. The lowest BCUT2D eigenvalue weighted by Crippen LogP contribution is -2.56. The summed E-state index contributed by atoms with van der Waals surface area (Å²) in [4.78, 5) is 173. The van der Waals surface area contributed by atoms with E-state index in [-0.39, 0.29) is 16.7 Å². The van der Waals surface area contributed by atoms with E-state index < -0.39 is 258 Å². The van der Waals surface area contributed by atoms with Crippen molar-refractivity contribution in [3.8, 4) is 291 Å². The second-order valence-corrected chi connectivity index (χ2v) is 27.2. The van der Waals surface area contributed by atoms with E-state index in [1.54, 1.807) is 6.92 Å². The minimum atomic E-state index is -1.62. The molecule has 12 atom stereocenters. The number of phenols is 3. The summed E-state index contributed by atoms with van der Waals surface area (Å²) < 4.78 is 30.8. The molecule has 12 unspecified atom stereocenters. The highest BCUT2D eigenvalue weighted by Gasteiger charge is 2.48. The summed E-state index contributed by atoms with van der Waals surface area (Å²) in [5, 5.41) is 52.7. The molecular formula is C102H67N9O21. The molecule has 1 heterocycles. The molecule has 15 N–H and O–H groups in total. The Morgan fingerprint density at radius 2 is 0.606 bits per heavy atom. The molecule has 4 aliphatic rings. The lowest BCUT2D eigenvalue weighted by atomic mass is 9.74. The number of anilines is 3. The van der Waals surface area contributed by atoms with Crippen molar-refractivity contribution in [1.82, 2.24) is 16.0 Å². The Kier molecular flexibility index (Phi) is 39.8. The van der Waals surface area contributed by atoms with Gasteiger partial charge in [0.05, 0.1) is 110 Å². The molecule has 30 heteroatoms. The molecule has 3 fully saturated rings. The molecule has 1 aliphatic heterocycles. The van der Waals surface area contributed by atoms with Gasteiger partial charge in [0.15, 0.2) is 23.9 Å². The Labute approximate surface area is 759 Å². The van der Waals surface area contributed by atoms with Gasteiger partial charge < -0.3 is 92.8 Å². The van der Waals surface area contributed by atoms with Crippen molar-refractivity contribution in [3.05, 3.63) is 69.8 Å². The number of fused-ring (bicyclic) bond motifs is 9. The highest BCUT2D eigenvalue weighted by molar-refractivity contribution is 6.07. The number of carbonyl (C=O) groups excluding carboxylic acids is 12. The predicted molar refractivity (Wildman–Crippen MR) is 473 cm³/mol. The molecule has 646 valence electrons. The maximum Gasteiger partial charge on any atom is 0.324 e. The SMILES string of the molecule is C#CC#CC#CC#CC#CC#CC#CC#COC(=O)Cc1cc2c(O)c(c1)C(=O)NC1CC(N)C(C(=O)OC)CC1C(=O)Nc1cc(CC(=O)OCC#CC#CC#CC#CC#CC#CC#CC)cc(c1O)C(=O)NC1CC(N)C(C(=O)OC)CC1C(=O)Nc1cc(CC(=O)OC#CC#CC#CC#CC#CC#CC#CC#C)cc(c1O)C(=O)NC1CC(N)C(C(=O)OC)CC1C(=O)N2. The second-order valence-electron chi connectivity index (χ2n) is 27.2. The van der Waals surface area contributed by atoms with Gasteiger partial charge in [-0.05, 0) is 258 Å². The number of nitrogens with one attached hydrogen (secondary N) is 6. The Morgan fingerprint density at radius 1 is 0.356 bits per heavy atom. The van der Waals surface area contributed by atoms with Crippen molar-refractivity contribution in [1.29, 1.82) is 0 Å². The number of hydrogen-bond acceptors (Lipinski definition) is 24. The van der Waals surface area contributed by atoms with E-state index in [1.807, 2.05) is 0 Å². The van der Waals surface area contributed by atoms with Gasteiger partial charge in [-0.15, -0.1) is 12.8 Å². The van der Waals surface area contributed by atoms with Gasteiger partial charge >= 0.3 is 35.8 Å². The van der Waals surface area contributed by atoms with Crippen LogP contribution in [0.4, 0.5) is 17.1 Å². The molecule has 132 heavy (non-hydrogen) atoms. The predicted octanol–water partition coefficient (Wildman–Crippen LogP) is -0.563. The third kappa shape index (κ3) is 31.4. The number of terminal acetylenes is 2. The Bertz CT molecular complexity index is 6750. The van der Waals surface area contributed by atoms with E-state index in [0.29, 0.717) is 0 Å². The fourth-order valence-corrected chi connectivity index (χ4v) is 13.1. The zero-order valence-electron chi connectivity index (χ0n) is 70.0. The average Bonchev–Trinajstić information content (AvgIpc) is 0.851. The zero-order chi connectivity index (χ0) is 95.7. The molecule has 0 spiro atoms. The summed E-state index contributed by atoms with van der Waals surface area (Å²) in [7, 11) is 3.13. The normalized spacial score (nSPS) is 18.6. The van der Waals surface area contributed by atoms with Crippen LogP contribution >= 0.6 is 0 Å². The minimum absolute atomic E-state index is 0.167. The molecule has 0 aromatic heterocycles. The van der Waals surface area contributed by atoms with Gasteiger partial charge in [0.2, 0.25) is 17.7 Å². The van der Waals surface area contributed by atoms with Crippen LogP contribution in [-0.4, -0.2) is 151 Å². The number of hydrogen-bond donors (Lipinski definition) is 12. The number of benzene rings is 3. The standard InChI is InChI=1S/C102H67N9O21/c1-7-10-13-16-19-22-25-28-31-34-37-40-43-46-49-130-88(112)58-67-52-76-91(115)85(55-67)109-94(118)73-61-70(100(124)127-4)80(104)65-83(73)107-98(122)77-53-68(59-89(113)131-50-47-44-41-38-35-32-29-26-23-20-17-14-11-8-2)57-87(92(77)116)111-96(120)75-63-72(102(126)129-6)81(105)66-84(75)108-99(123)78-54-69(60-90(114)132-51-48-45-42-39-36-33-30-27-24-21-18-15-12-9-3)56-86(93(78)117)110-95(119)74-62-71(101(125)128-5)79(103)64-82(74)106-97(76)121/h1-2,52-57,70-75,79-84,115-117H,51,58-66,103-105H2,3-6H3,(H,106,121)(H,107,122)(H,108,123)(H,109,118)(H,110,119)(H,111,120). The molecule has 3 aromatic rings. The lowest BCUT2D eigenvalue weighted by Gasteiger charge is -2.38. The lowest BCUT2D eigenvalue weighted by molar-refractivity contribution is -0.149. The molecule has 6 amide bonds. The van der Waals surface area contributed by atoms with Crippen molar-refractivity contribution in [2.24, 2.45) is 52.7 Å². The van der Waals surface area contributed by atoms with Crippen molar-refractivity contribution >= 4 is 88.3 Å². The van der Waals surface area contributed by atoms with Crippen molar-refractivity contribution in [3.63, 3.8) is 0 Å². The maximum atomic E-state index is 15.3. The van der Waals surface area contributed by atoms with Crippen LogP contribution in [0.2, 0.25) is 0 Å². The Hall–Kier alpha value is -19.5. The topological polar surface area (TPSA) is 471 Å². The summed E-state index contributed by atoms with van der Waals surface area (Å²) >= 11 is 0. The molecule has 6 bridgehead atoms. The van der Waals surface area contributed by atoms with Gasteiger partial charge in [-0.1, -0.05) is 5.92 Å². The van der Waals surface area contributed by atoms with E-state index in [1.165, 1.54) is 0 Å². The number of aromatic hydroxyl groups is 3. The fourth-order valence-electron chi connectivity index (χ4n) is 13.1. The third-order valence-electron chi connectivity index (χ3n) is 18.9. The zero-order valence-corrected chi connectivity index (χ0v) is 70.0. The van der Waals surface area contributed by atoms with Crippen LogP contribution in [0.5, 0.6) is 17.2 Å². The summed E-state index contributed by atoms with van der Waals surface area (Å²) in [5.41, 5.74) is 15.3. The van der Waals surface area contributed by atoms with Gasteiger partial charge in [0.1, 0.15) is 12.2 Å². The number of rotatable bonds is 10. The van der Waals surface area contributed by atoms with Crippen LogP contribution in [-0.2, 0) is 90.8 Å². The quantitative estimate of drug-likeness (QED) is 0.0524. The number of methoxy groups -OCH3 is 3. The molecule has 3 aromatic carbocycles. The Balaban J connectivity index is 1.39. The highest BCUT2D eigenvalue weighted by atomic mass is 16.5. The van der Waals surface area contributed by atoms with Crippen LogP contribution in [0, 0.1) is 309 Å². The van der Waals surface area contributed by atoms with Crippen molar-refractivity contribution in [2.75, 3.05) is 43.9 Å². The second kappa shape index (κ2) is 52.8. The van der Waals surface area contributed by atoms with E-state index >= 15 is 28.8 Å². The Morgan fingerprint density at radius 3 is 0.871 bits per heavy atom. The largest absolute Gasteiger partial charge is 0.505 e. The van der Waals surface area contributed by atoms with Gasteiger partial charge in [0, 0.05) is 119 Å². The smallest absolute Gasteiger partial charge is 0.324 e. The first-order chi connectivity index (χ1) is 63.7. The van der Waals surface area contributed by atoms with Gasteiger partial charge in [0.25, 0.3) is 17.7 Å². The van der Waals surface area contributed by atoms with E-state index in [4.69, 9.17) is 58.5 Å². The number of carbonyl (C=O) groups is 12. The van der Waals surface area contributed by atoms with Crippen LogP contribution in [0.15, 0.2) is 36.4 Å². The van der Waals surface area contributed by atoms with Crippen LogP contribution < -0.4 is 49.1 Å². The number of ether oxygens (including phenoxy) is 6. The molecule has 7 rings (SSSR count). The van der Waals surface area contributed by atoms with E-state index in [2.05, 4.69) is 293 Å². The average molecular weight is 1750 g/mol. The number of amides is 6. The van der Waals surface area contributed by atoms with E-state index in [9.17, 15) is 44.1 Å². The fraction of sp³-hybridized carbons (Fsp3) is 0.255. The molecular weight excluding hydrogens is 1690 g/mol. The van der Waals surface area contributed by atoms with Gasteiger partial charge in [-0.2, -0.15) is 0 Å². The highest BCUT2D eigenvalue weighted by Crippen LogP contribution is 2.40. The summed E-state index contributed by atoms with van der Waals surface area (Å²) in [6.45, 7) is 1.05. The third-order valence-corrected chi connectivity index (χ3v) is 18.9. The maximum absolute atomic E-state index is 15.3. The number of nitrogens with two attached hydrogens (primary N) is 3. The van der Waals surface area contributed by atoms with Crippen LogP contribution in [0.25, 0.3) is 0 Å². The molecule has 0 saturated heterocycles. The van der Waals surface area contributed by atoms with Crippen molar-refractivity contribution < 1.29 is 101 Å².